The molecule has 0 unspecified atom stereocenters. The van der Waals surface area contributed by atoms with Crippen LogP contribution >= 0.6 is 128 Å². The van der Waals surface area contributed by atoms with E-state index < -0.39 is 28.8 Å². The molecule has 0 radical (unpaired) electrons. The maximum atomic E-state index is 5.94. The Bertz CT molecular complexity index is 285. The normalized spacial score (nSPS) is 15.3. The van der Waals surface area contributed by atoms with Crippen LogP contribution in [0.3, 0.4) is 0 Å². The van der Waals surface area contributed by atoms with Crippen LogP contribution < -0.4 is 0 Å². The van der Waals surface area contributed by atoms with Gasteiger partial charge in [0.05, 0.1) is 11.9 Å². The molecule has 0 aliphatic heterocycles. The van der Waals surface area contributed by atoms with E-state index in [-0.39, 0.29) is 0 Å². The lowest BCUT2D eigenvalue weighted by molar-refractivity contribution is 0.312. The van der Waals surface area contributed by atoms with E-state index in [1.807, 2.05) is 0 Å². The molecule has 0 N–H and O–H groups in total. The van der Waals surface area contributed by atoms with E-state index in [1.54, 1.807) is 0 Å². The van der Waals surface area contributed by atoms with Gasteiger partial charge in [0.2, 0.25) is 0 Å². The Morgan fingerprint density at radius 1 is 0.778 bits per heavy atom. The second-order valence-corrected chi connectivity index (χ2v) is 9.87. The third-order valence-electron chi connectivity index (χ3n) is 1.78. The van der Waals surface area contributed by atoms with Crippen molar-refractivity contribution in [3.05, 3.63) is 0 Å². The summed E-state index contributed by atoms with van der Waals surface area (Å²) >= 11 is 63.2. The van der Waals surface area contributed by atoms with Crippen LogP contribution in [-0.4, -0.2) is 28.8 Å². The van der Waals surface area contributed by atoms with Crippen molar-refractivity contribution in [1.82, 2.24) is 0 Å². The van der Waals surface area contributed by atoms with E-state index in [0.717, 1.165) is 0 Å². The number of halogens is 11. The average molecular weight is 481 g/mol. The molecule has 18 heavy (non-hydrogen) atoms. The van der Waals surface area contributed by atoms with Gasteiger partial charge in [-0.05, 0) is 0 Å². The Kier molecular flexibility index (Phi) is 8.40. The van der Waals surface area contributed by atoms with Crippen LogP contribution in [0.15, 0.2) is 0 Å². The molecule has 0 aliphatic carbocycles. The number of hydrogen-bond donors (Lipinski definition) is 0. The van der Waals surface area contributed by atoms with E-state index in [1.165, 1.54) is 0 Å². The van der Waals surface area contributed by atoms with Crippen LogP contribution in [0.4, 0.5) is 0 Å². The predicted molar refractivity (Wildman–Crippen MR) is 85.0 cm³/mol. The van der Waals surface area contributed by atoms with Crippen molar-refractivity contribution in [2.75, 3.05) is 6.61 Å². The molecule has 0 aromatic carbocycles. The van der Waals surface area contributed by atoms with Gasteiger partial charge in [-0.1, -0.05) is 92.8 Å². The summed E-state index contributed by atoms with van der Waals surface area (Å²) < 4.78 is -4.70. The molecule has 0 fully saturated rings. The molecule has 0 saturated carbocycles. The minimum Gasteiger partial charge on any atom is -0.276 e. The molecule has 12 heteroatoms. The highest BCUT2D eigenvalue weighted by Gasteiger charge is 2.70. The van der Waals surface area contributed by atoms with Gasteiger partial charge < -0.3 is 0 Å². The van der Waals surface area contributed by atoms with Crippen LogP contribution in [-0.2, 0) is 4.29 Å². The highest BCUT2D eigenvalue weighted by molar-refractivity contribution is 6.75. The van der Waals surface area contributed by atoms with Gasteiger partial charge in [-0.3, -0.25) is 4.29 Å². The van der Waals surface area contributed by atoms with Gasteiger partial charge in [0.15, 0.2) is 17.3 Å². The quantitative estimate of drug-likeness (QED) is 0.386. The lowest BCUT2D eigenvalue weighted by atomic mass is 10.1. The molecule has 0 saturated heterocycles. The van der Waals surface area contributed by atoms with E-state index in [4.69, 9.17) is 128 Å². The second kappa shape index (κ2) is 7.15. The van der Waals surface area contributed by atoms with E-state index >= 15 is 0 Å². The van der Waals surface area contributed by atoms with Crippen molar-refractivity contribution >= 4 is 128 Å². The van der Waals surface area contributed by atoms with Gasteiger partial charge in [-0.25, -0.2) is 0 Å². The summed E-state index contributed by atoms with van der Waals surface area (Å²) in [6.07, 6.45) is 0. The standard InChI is InChI=1S/C6H3Cl11O/c7-2(8)4(11,12)6(15,16)5(13,14)3(9,10)1-18-17/h2H,1H2. The highest BCUT2D eigenvalue weighted by atomic mass is 35.6. The summed E-state index contributed by atoms with van der Waals surface area (Å²) in [5, 5.41) is 0. The third-order valence-corrected chi connectivity index (χ3v) is 8.32. The van der Waals surface area contributed by atoms with Gasteiger partial charge in [0, 0.05) is 0 Å². The SMILES string of the molecule is ClOCC(Cl)(Cl)C(Cl)(Cl)C(Cl)(Cl)C(Cl)(Cl)C(Cl)Cl. The van der Waals surface area contributed by atoms with Gasteiger partial charge in [-0.15, -0.1) is 23.2 Å². The topological polar surface area (TPSA) is 9.23 Å². The van der Waals surface area contributed by atoms with E-state index in [9.17, 15) is 0 Å². The molecule has 0 amide bonds. The summed E-state index contributed by atoms with van der Waals surface area (Å²) in [4.78, 5) is -1.45. The zero-order chi connectivity index (χ0) is 15.0. The van der Waals surface area contributed by atoms with Crippen molar-refractivity contribution in [2.45, 2.75) is 22.2 Å². The first-order valence-corrected chi connectivity index (χ1v) is 7.99. The van der Waals surface area contributed by atoms with Gasteiger partial charge in [0.1, 0.15) is 11.4 Å². The fraction of sp³-hybridized carbons (Fsp3) is 1.00. The lowest BCUT2D eigenvalue weighted by Gasteiger charge is -2.45. The molecule has 0 heterocycles. The van der Waals surface area contributed by atoms with Gasteiger partial charge >= 0.3 is 0 Å². The van der Waals surface area contributed by atoms with Gasteiger partial charge in [0.25, 0.3) is 0 Å². The minimum atomic E-state index is -2.36. The van der Waals surface area contributed by atoms with Crippen LogP contribution in [0, 0.1) is 0 Å². The smallest absolute Gasteiger partial charge is 0.189 e. The largest absolute Gasteiger partial charge is 0.276 e. The summed E-state index contributed by atoms with van der Waals surface area (Å²) in [6, 6.07) is 0. The average Bonchev–Trinajstić information content (AvgIpc) is 2.16. The Morgan fingerprint density at radius 2 is 1.17 bits per heavy atom. The molecular weight excluding hydrogens is 478 g/mol. The van der Waals surface area contributed by atoms with Crippen LogP contribution in [0.1, 0.15) is 0 Å². The van der Waals surface area contributed by atoms with Gasteiger partial charge in [-0.2, -0.15) is 0 Å². The molecule has 0 aliphatic rings. The Balaban J connectivity index is 5.58. The first-order chi connectivity index (χ1) is 7.75. The van der Waals surface area contributed by atoms with Crippen LogP contribution in [0.25, 0.3) is 0 Å². The second-order valence-electron chi connectivity index (χ2n) is 3.03. The highest BCUT2D eigenvalue weighted by Crippen LogP contribution is 2.62. The van der Waals surface area contributed by atoms with E-state index in [0.29, 0.717) is 0 Å². The minimum absolute atomic E-state index is 0.537. The number of rotatable bonds is 6. The van der Waals surface area contributed by atoms with Crippen molar-refractivity contribution < 1.29 is 4.29 Å². The molecule has 0 aromatic rings. The molecule has 110 valence electrons. The maximum absolute atomic E-state index is 5.94. The molecule has 0 rings (SSSR count). The first-order valence-electron chi connectivity index (χ1n) is 3.78. The predicted octanol–water partition coefficient (Wildman–Crippen LogP) is 6.66. The van der Waals surface area contributed by atoms with E-state index in [2.05, 4.69) is 4.29 Å². The fourth-order valence-corrected chi connectivity index (χ4v) is 3.57. The molecular formula is C6H3Cl11O. The number of alkyl halides is 10. The number of hydrogen-bond acceptors (Lipinski definition) is 1. The monoisotopic (exact) mass is 476 g/mol. The van der Waals surface area contributed by atoms with Crippen molar-refractivity contribution in [3.63, 3.8) is 0 Å². The molecule has 0 bridgehead atoms. The molecule has 1 nitrogen and oxygen atoms in total. The van der Waals surface area contributed by atoms with Crippen molar-refractivity contribution in [1.29, 1.82) is 0 Å². The van der Waals surface area contributed by atoms with Crippen molar-refractivity contribution in [3.8, 4) is 0 Å². The molecule has 0 aromatic heterocycles. The zero-order valence-corrected chi connectivity index (χ0v) is 16.2. The Morgan fingerprint density at radius 3 is 1.44 bits per heavy atom. The third kappa shape index (κ3) is 3.91. The lowest BCUT2D eigenvalue weighted by Crippen LogP contribution is -2.60. The molecule has 0 atom stereocenters. The van der Waals surface area contributed by atoms with Crippen LogP contribution in [0.2, 0.25) is 0 Å². The summed E-state index contributed by atoms with van der Waals surface area (Å²) in [5.74, 6) is 0. The maximum Gasteiger partial charge on any atom is 0.189 e. The summed E-state index contributed by atoms with van der Waals surface area (Å²) in [6.45, 7) is -0.537. The van der Waals surface area contributed by atoms with Crippen molar-refractivity contribution in [2.24, 2.45) is 0 Å². The first kappa shape index (κ1) is 21.1. The zero-order valence-electron chi connectivity index (χ0n) is 7.85. The Hall–Kier alpha value is 3.15. The Labute approximate surface area is 159 Å². The summed E-state index contributed by atoms with van der Waals surface area (Å²) in [5.41, 5.74) is 0. The fourth-order valence-electron chi connectivity index (χ4n) is 0.735. The van der Waals surface area contributed by atoms with Crippen LogP contribution in [0.5, 0.6) is 0 Å². The molecule has 0 spiro atoms. The summed E-state index contributed by atoms with van der Waals surface area (Å²) in [7, 11) is 0.